The smallest absolute Gasteiger partial charge is 0.306 e. The van der Waals surface area contributed by atoms with Gasteiger partial charge in [-0.15, -0.1) is 0 Å². The number of ether oxygens (including phenoxy) is 1. The molecule has 0 N–H and O–H groups in total. The lowest BCUT2D eigenvalue weighted by atomic mass is 9.78. The van der Waals surface area contributed by atoms with Crippen molar-refractivity contribution < 1.29 is 19.1 Å². The summed E-state index contributed by atoms with van der Waals surface area (Å²) in [5.41, 5.74) is -0.367. The molecule has 0 bridgehead atoms. The monoisotopic (exact) mass is 322 g/mol. The Morgan fingerprint density at radius 3 is 2.70 bits per heavy atom. The van der Waals surface area contributed by atoms with Crippen molar-refractivity contribution in [2.45, 2.75) is 44.9 Å². The van der Waals surface area contributed by atoms with Gasteiger partial charge in [0.05, 0.1) is 18.9 Å². The Morgan fingerprint density at radius 2 is 2.00 bits per heavy atom. The Kier molecular flexibility index (Phi) is 4.60. The van der Waals surface area contributed by atoms with E-state index in [1.165, 1.54) is 20.0 Å². The van der Waals surface area contributed by atoms with E-state index < -0.39 is 0 Å². The van der Waals surface area contributed by atoms with Crippen molar-refractivity contribution in [3.8, 4) is 0 Å². The van der Waals surface area contributed by atoms with E-state index in [1.54, 1.807) is 4.90 Å². The highest BCUT2D eigenvalue weighted by Gasteiger charge is 2.49. The van der Waals surface area contributed by atoms with Crippen LogP contribution in [0.1, 0.15) is 44.9 Å². The number of nitrogens with zero attached hydrogens (tertiary/aromatic N) is 2. The summed E-state index contributed by atoms with van der Waals surface area (Å²) < 4.78 is 4.58. The molecule has 2 saturated heterocycles. The quantitative estimate of drug-likeness (QED) is 0.713. The van der Waals surface area contributed by atoms with Gasteiger partial charge in [-0.25, -0.2) is 0 Å². The van der Waals surface area contributed by atoms with Crippen LogP contribution in [0, 0.1) is 11.3 Å². The van der Waals surface area contributed by atoms with E-state index in [9.17, 15) is 14.4 Å². The molecule has 0 unspecified atom stereocenters. The van der Waals surface area contributed by atoms with Gasteiger partial charge in [-0.1, -0.05) is 0 Å². The molecule has 2 aliphatic heterocycles. The summed E-state index contributed by atoms with van der Waals surface area (Å²) in [6, 6.07) is 0. The standard InChI is InChI=1S/C17H26N2O4/c1-23-15(21)6-5-14(20)19-10-8-17(12-19)7-2-9-18(16(17)22)11-13-3-4-13/h13H,2-12H2,1H3/t17-/m1/s1. The molecule has 6 nitrogen and oxygen atoms in total. The largest absolute Gasteiger partial charge is 0.469 e. The molecule has 3 fully saturated rings. The SMILES string of the molecule is COC(=O)CCC(=O)N1CC[C@]2(CCCN(CC3CC3)C2=O)C1. The predicted molar refractivity (Wildman–Crippen MR) is 83.4 cm³/mol. The third-order valence-electron chi connectivity index (χ3n) is 5.48. The molecule has 0 aromatic heterocycles. The molecule has 2 amide bonds. The third-order valence-corrected chi connectivity index (χ3v) is 5.48. The number of hydrogen-bond acceptors (Lipinski definition) is 4. The van der Waals surface area contributed by atoms with E-state index in [1.807, 2.05) is 4.90 Å². The van der Waals surface area contributed by atoms with Crippen LogP contribution in [0.15, 0.2) is 0 Å². The summed E-state index contributed by atoms with van der Waals surface area (Å²) in [6.45, 7) is 2.92. The normalized spacial score (nSPS) is 27.6. The van der Waals surface area contributed by atoms with Crippen molar-refractivity contribution in [3.63, 3.8) is 0 Å². The zero-order chi connectivity index (χ0) is 16.4. The van der Waals surface area contributed by atoms with Crippen LogP contribution >= 0.6 is 0 Å². The first-order valence-corrected chi connectivity index (χ1v) is 8.68. The molecule has 6 heteroatoms. The minimum absolute atomic E-state index is 0.0422. The third kappa shape index (κ3) is 3.51. The number of methoxy groups -OCH3 is 1. The van der Waals surface area contributed by atoms with Gasteiger partial charge in [-0.3, -0.25) is 14.4 Å². The molecule has 2 heterocycles. The van der Waals surface area contributed by atoms with Crippen LogP contribution in [0.4, 0.5) is 0 Å². The summed E-state index contributed by atoms with van der Waals surface area (Å²) in [4.78, 5) is 40.1. The van der Waals surface area contributed by atoms with Crippen LogP contribution in [-0.4, -0.2) is 60.9 Å². The highest BCUT2D eigenvalue weighted by atomic mass is 16.5. The molecule has 1 atom stereocenters. The molecular formula is C17H26N2O4. The van der Waals surface area contributed by atoms with Crippen molar-refractivity contribution in [1.29, 1.82) is 0 Å². The molecular weight excluding hydrogens is 296 g/mol. The summed E-state index contributed by atoms with van der Waals surface area (Å²) in [5.74, 6) is 0.545. The molecule has 23 heavy (non-hydrogen) atoms. The fourth-order valence-electron chi connectivity index (χ4n) is 3.87. The second-order valence-electron chi connectivity index (χ2n) is 7.22. The number of rotatable bonds is 5. The lowest BCUT2D eigenvalue weighted by Gasteiger charge is -2.39. The highest BCUT2D eigenvalue weighted by molar-refractivity contribution is 5.87. The van der Waals surface area contributed by atoms with E-state index in [2.05, 4.69) is 4.74 Å². The molecule has 0 aromatic rings. The lowest BCUT2D eigenvalue weighted by molar-refractivity contribution is -0.147. The Balaban J connectivity index is 1.57. The molecule has 0 aromatic carbocycles. The van der Waals surface area contributed by atoms with Crippen molar-refractivity contribution in [3.05, 3.63) is 0 Å². The number of carbonyl (C=O) groups is 3. The first-order chi connectivity index (χ1) is 11.0. The van der Waals surface area contributed by atoms with E-state index in [4.69, 9.17) is 0 Å². The summed E-state index contributed by atoms with van der Waals surface area (Å²) >= 11 is 0. The molecule has 1 aliphatic carbocycles. The van der Waals surface area contributed by atoms with Gasteiger partial charge in [0, 0.05) is 32.6 Å². The molecule has 3 aliphatic rings. The van der Waals surface area contributed by atoms with Gasteiger partial charge in [0.1, 0.15) is 0 Å². The fourth-order valence-corrected chi connectivity index (χ4v) is 3.87. The maximum atomic E-state index is 12.9. The van der Waals surface area contributed by atoms with Crippen LogP contribution in [-0.2, 0) is 19.1 Å². The average Bonchev–Trinajstić information content (AvgIpc) is 3.27. The van der Waals surface area contributed by atoms with Gasteiger partial charge >= 0.3 is 5.97 Å². The average molecular weight is 322 g/mol. The lowest BCUT2D eigenvalue weighted by Crippen LogP contribution is -2.50. The zero-order valence-corrected chi connectivity index (χ0v) is 13.9. The van der Waals surface area contributed by atoms with Gasteiger partial charge in [0.15, 0.2) is 0 Å². The Bertz CT molecular complexity index is 503. The van der Waals surface area contributed by atoms with Crippen LogP contribution in [0.25, 0.3) is 0 Å². The zero-order valence-electron chi connectivity index (χ0n) is 13.9. The molecule has 1 saturated carbocycles. The Hall–Kier alpha value is -1.59. The first kappa shape index (κ1) is 16.3. The number of likely N-dealkylation sites (tertiary alicyclic amines) is 2. The van der Waals surface area contributed by atoms with Gasteiger partial charge in [-0.05, 0) is 38.0 Å². The van der Waals surface area contributed by atoms with E-state index in [0.717, 1.165) is 32.4 Å². The number of piperidine rings is 1. The minimum Gasteiger partial charge on any atom is -0.469 e. The van der Waals surface area contributed by atoms with E-state index >= 15 is 0 Å². The number of carbonyl (C=O) groups excluding carboxylic acids is 3. The van der Waals surface area contributed by atoms with Crippen molar-refractivity contribution in [1.82, 2.24) is 9.80 Å². The maximum Gasteiger partial charge on any atom is 0.306 e. The highest BCUT2D eigenvalue weighted by Crippen LogP contribution is 2.41. The van der Waals surface area contributed by atoms with Gasteiger partial charge in [0.25, 0.3) is 0 Å². The number of amides is 2. The van der Waals surface area contributed by atoms with Crippen molar-refractivity contribution in [2.75, 3.05) is 33.3 Å². The second-order valence-corrected chi connectivity index (χ2v) is 7.22. The van der Waals surface area contributed by atoms with Gasteiger partial charge in [-0.2, -0.15) is 0 Å². The molecule has 0 radical (unpaired) electrons. The topological polar surface area (TPSA) is 66.9 Å². The van der Waals surface area contributed by atoms with Crippen LogP contribution < -0.4 is 0 Å². The van der Waals surface area contributed by atoms with Gasteiger partial charge in [0.2, 0.25) is 11.8 Å². The summed E-state index contributed by atoms with van der Waals surface area (Å²) in [6.07, 6.45) is 5.44. The summed E-state index contributed by atoms with van der Waals surface area (Å²) in [7, 11) is 1.33. The maximum absolute atomic E-state index is 12.9. The van der Waals surface area contributed by atoms with Gasteiger partial charge < -0.3 is 14.5 Å². The predicted octanol–water partition coefficient (Wildman–Crippen LogP) is 1.19. The Morgan fingerprint density at radius 1 is 1.22 bits per heavy atom. The second kappa shape index (κ2) is 6.49. The molecule has 128 valence electrons. The van der Waals surface area contributed by atoms with Crippen LogP contribution in [0.2, 0.25) is 0 Å². The molecule has 1 spiro atoms. The Labute approximate surface area is 137 Å². The van der Waals surface area contributed by atoms with Crippen molar-refractivity contribution in [2.24, 2.45) is 11.3 Å². The van der Waals surface area contributed by atoms with E-state index in [0.29, 0.717) is 19.0 Å². The minimum atomic E-state index is -0.367. The van der Waals surface area contributed by atoms with Crippen molar-refractivity contribution >= 4 is 17.8 Å². The first-order valence-electron chi connectivity index (χ1n) is 8.68. The van der Waals surface area contributed by atoms with E-state index in [-0.39, 0.29) is 36.0 Å². The van der Waals surface area contributed by atoms with Crippen LogP contribution in [0.5, 0.6) is 0 Å². The summed E-state index contributed by atoms with van der Waals surface area (Å²) in [5, 5.41) is 0. The number of esters is 1. The molecule has 3 rings (SSSR count). The van der Waals surface area contributed by atoms with Crippen LogP contribution in [0.3, 0.4) is 0 Å². The number of hydrogen-bond donors (Lipinski definition) is 0. The fraction of sp³-hybridized carbons (Fsp3) is 0.824.